The molecule has 1 aliphatic rings. The minimum atomic E-state index is 0.498. The van der Waals surface area contributed by atoms with Gasteiger partial charge in [0.1, 0.15) is 0 Å². The number of anilines is 1. The summed E-state index contributed by atoms with van der Waals surface area (Å²) in [5.41, 5.74) is 2.82. The van der Waals surface area contributed by atoms with Crippen molar-refractivity contribution in [3.05, 3.63) is 29.8 Å². The van der Waals surface area contributed by atoms with E-state index in [1.807, 2.05) is 0 Å². The molecule has 0 saturated carbocycles. The molecule has 1 atom stereocenters. The van der Waals surface area contributed by atoms with Crippen LogP contribution in [0.2, 0.25) is 0 Å². The maximum atomic E-state index is 5.51. The summed E-state index contributed by atoms with van der Waals surface area (Å²) in [5, 5.41) is 3.61. The van der Waals surface area contributed by atoms with Crippen LogP contribution in [0, 0.1) is 0 Å². The van der Waals surface area contributed by atoms with Gasteiger partial charge in [-0.1, -0.05) is 25.1 Å². The molecule has 1 heterocycles. The zero-order chi connectivity index (χ0) is 13.5. The zero-order valence-corrected chi connectivity index (χ0v) is 12.2. The van der Waals surface area contributed by atoms with Gasteiger partial charge in [0.15, 0.2) is 0 Å². The molecule has 0 radical (unpaired) electrons. The molecule has 0 spiro atoms. The Morgan fingerprint density at radius 3 is 2.95 bits per heavy atom. The molecule has 0 fully saturated rings. The first-order valence-electron chi connectivity index (χ1n) is 7.51. The average Bonchev–Trinajstić information content (AvgIpc) is 2.61. The summed E-state index contributed by atoms with van der Waals surface area (Å²) in [6.07, 6.45) is 2.45. The number of nitrogens with one attached hydrogen (secondary N) is 1. The van der Waals surface area contributed by atoms with Gasteiger partial charge >= 0.3 is 0 Å². The van der Waals surface area contributed by atoms with Gasteiger partial charge in [0, 0.05) is 31.4 Å². The first-order valence-corrected chi connectivity index (χ1v) is 7.51. The van der Waals surface area contributed by atoms with E-state index in [2.05, 4.69) is 48.3 Å². The van der Waals surface area contributed by atoms with Gasteiger partial charge in [-0.05, 0) is 37.9 Å². The number of rotatable bonds is 6. The Hall–Kier alpha value is -1.06. The van der Waals surface area contributed by atoms with E-state index in [-0.39, 0.29) is 0 Å². The predicted octanol–water partition coefficient (Wildman–Crippen LogP) is 2.97. The van der Waals surface area contributed by atoms with Crippen molar-refractivity contribution < 1.29 is 4.74 Å². The summed E-state index contributed by atoms with van der Waals surface area (Å²) < 4.78 is 5.51. The van der Waals surface area contributed by atoms with Crippen molar-refractivity contribution in [3.63, 3.8) is 0 Å². The fraction of sp³-hybridized carbons (Fsp3) is 0.625. The quantitative estimate of drug-likeness (QED) is 0.798. The molecular weight excluding hydrogens is 236 g/mol. The second kappa shape index (κ2) is 7.51. The Morgan fingerprint density at radius 2 is 2.16 bits per heavy atom. The third kappa shape index (κ3) is 3.71. The zero-order valence-electron chi connectivity index (χ0n) is 12.2. The highest BCUT2D eigenvalue weighted by atomic mass is 16.5. The van der Waals surface area contributed by atoms with E-state index >= 15 is 0 Å². The molecule has 2 rings (SSSR count). The third-order valence-corrected chi connectivity index (χ3v) is 3.73. The largest absolute Gasteiger partial charge is 0.380 e. The molecule has 0 saturated heterocycles. The number of hydrogen-bond acceptors (Lipinski definition) is 3. The van der Waals surface area contributed by atoms with Crippen LogP contribution in [-0.4, -0.2) is 32.8 Å². The van der Waals surface area contributed by atoms with Crippen LogP contribution < -0.4 is 10.2 Å². The van der Waals surface area contributed by atoms with Gasteiger partial charge in [-0.3, -0.25) is 0 Å². The summed E-state index contributed by atoms with van der Waals surface area (Å²) in [7, 11) is 0. The fourth-order valence-corrected chi connectivity index (χ4v) is 2.84. The second-order valence-electron chi connectivity index (χ2n) is 5.00. The van der Waals surface area contributed by atoms with Crippen LogP contribution in [0.15, 0.2) is 24.3 Å². The molecule has 0 amide bonds. The minimum Gasteiger partial charge on any atom is -0.380 e. The smallest absolute Gasteiger partial charge is 0.0641 e. The van der Waals surface area contributed by atoms with Crippen LogP contribution in [0.25, 0.3) is 0 Å². The number of para-hydroxylation sites is 1. The molecule has 3 nitrogen and oxygen atoms in total. The van der Waals surface area contributed by atoms with Crippen molar-refractivity contribution in [1.82, 2.24) is 5.32 Å². The molecular formula is C16H26N2O. The Balaban J connectivity index is 2.15. The molecule has 3 heteroatoms. The highest BCUT2D eigenvalue weighted by molar-refractivity contribution is 5.55. The lowest BCUT2D eigenvalue weighted by atomic mass is 10.0. The lowest BCUT2D eigenvalue weighted by Crippen LogP contribution is -2.28. The Bertz CT molecular complexity index is 381. The first kappa shape index (κ1) is 14.4. The molecule has 1 N–H and O–H groups in total. The molecule has 1 aromatic rings. The van der Waals surface area contributed by atoms with Crippen LogP contribution in [0.5, 0.6) is 0 Å². The van der Waals surface area contributed by atoms with Gasteiger partial charge in [-0.15, -0.1) is 0 Å². The number of fused-ring (bicyclic) bond motifs is 1. The van der Waals surface area contributed by atoms with Crippen molar-refractivity contribution in [2.45, 2.75) is 32.7 Å². The van der Waals surface area contributed by atoms with Crippen molar-refractivity contribution >= 4 is 5.69 Å². The predicted molar refractivity (Wildman–Crippen MR) is 80.8 cm³/mol. The monoisotopic (exact) mass is 262 g/mol. The molecule has 106 valence electrons. The van der Waals surface area contributed by atoms with Gasteiger partial charge in [0.2, 0.25) is 0 Å². The Morgan fingerprint density at radius 1 is 1.32 bits per heavy atom. The van der Waals surface area contributed by atoms with Crippen molar-refractivity contribution in [3.8, 4) is 0 Å². The first-order chi connectivity index (χ1) is 9.36. The highest BCUT2D eigenvalue weighted by Gasteiger charge is 2.21. The van der Waals surface area contributed by atoms with Gasteiger partial charge < -0.3 is 15.0 Å². The number of hydrogen-bond donors (Lipinski definition) is 1. The minimum absolute atomic E-state index is 0.498. The molecule has 1 aliphatic heterocycles. The average molecular weight is 262 g/mol. The van der Waals surface area contributed by atoms with E-state index in [0.29, 0.717) is 6.04 Å². The lowest BCUT2D eigenvalue weighted by molar-refractivity contribution is 0.154. The van der Waals surface area contributed by atoms with Crippen LogP contribution in [0.3, 0.4) is 0 Å². The van der Waals surface area contributed by atoms with Gasteiger partial charge in [-0.25, -0.2) is 0 Å². The SMILES string of the molecule is CCNC1CCCN(CCOCC)c2ccccc21. The van der Waals surface area contributed by atoms with Crippen LogP contribution in [0.1, 0.15) is 38.3 Å². The highest BCUT2D eigenvalue weighted by Crippen LogP contribution is 2.32. The summed E-state index contributed by atoms with van der Waals surface area (Å²) in [6, 6.07) is 9.30. The van der Waals surface area contributed by atoms with E-state index in [9.17, 15) is 0 Å². The second-order valence-corrected chi connectivity index (χ2v) is 5.00. The van der Waals surface area contributed by atoms with E-state index in [1.54, 1.807) is 0 Å². The van der Waals surface area contributed by atoms with E-state index in [1.165, 1.54) is 24.1 Å². The van der Waals surface area contributed by atoms with Crippen molar-refractivity contribution in [2.24, 2.45) is 0 Å². The van der Waals surface area contributed by atoms with E-state index in [0.717, 1.165) is 32.8 Å². The van der Waals surface area contributed by atoms with Crippen LogP contribution in [0.4, 0.5) is 5.69 Å². The topological polar surface area (TPSA) is 24.5 Å². The fourth-order valence-electron chi connectivity index (χ4n) is 2.84. The summed E-state index contributed by atoms with van der Waals surface area (Å²) in [4.78, 5) is 2.47. The summed E-state index contributed by atoms with van der Waals surface area (Å²) >= 11 is 0. The number of nitrogens with zero attached hydrogens (tertiary/aromatic N) is 1. The van der Waals surface area contributed by atoms with Crippen LogP contribution in [-0.2, 0) is 4.74 Å². The third-order valence-electron chi connectivity index (χ3n) is 3.73. The Kier molecular flexibility index (Phi) is 5.67. The number of ether oxygens (including phenoxy) is 1. The molecule has 0 bridgehead atoms. The standard InChI is InChI=1S/C16H26N2O/c1-3-17-15-9-7-11-18(12-13-19-4-2)16-10-6-5-8-14(15)16/h5-6,8,10,15,17H,3-4,7,9,11-13H2,1-2H3. The molecule has 0 aromatic heterocycles. The normalized spacial score (nSPS) is 19.1. The maximum absolute atomic E-state index is 5.51. The summed E-state index contributed by atoms with van der Waals surface area (Å²) in [6.45, 7) is 9.00. The molecule has 0 aliphatic carbocycles. The van der Waals surface area contributed by atoms with Crippen LogP contribution >= 0.6 is 0 Å². The van der Waals surface area contributed by atoms with E-state index < -0.39 is 0 Å². The van der Waals surface area contributed by atoms with E-state index in [4.69, 9.17) is 4.74 Å². The maximum Gasteiger partial charge on any atom is 0.0641 e. The Labute approximate surface area is 116 Å². The van der Waals surface area contributed by atoms with Gasteiger partial charge in [0.25, 0.3) is 0 Å². The summed E-state index contributed by atoms with van der Waals surface area (Å²) in [5.74, 6) is 0. The molecule has 19 heavy (non-hydrogen) atoms. The van der Waals surface area contributed by atoms with Crippen molar-refractivity contribution in [1.29, 1.82) is 0 Å². The van der Waals surface area contributed by atoms with Gasteiger partial charge in [-0.2, -0.15) is 0 Å². The number of benzene rings is 1. The molecule has 1 unspecified atom stereocenters. The van der Waals surface area contributed by atoms with Gasteiger partial charge in [0.05, 0.1) is 6.61 Å². The lowest BCUT2D eigenvalue weighted by Gasteiger charge is -2.25. The molecule has 1 aromatic carbocycles. The van der Waals surface area contributed by atoms with Crippen molar-refractivity contribution in [2.75, 3.05) is 37.7 Å².